The summed E-state index contributed by atoms with van der Waals surface area (Å²) >= 11 is 0. The Morgan fingerprint density at radius 1 is 1.27 bits per heavy atom. The van der Waals surface area contributed by atoms with Crippen molar-refractivity contribution in [2.75, 3.05) is 13.7 Å². The molecule has 22 heavy (non-hydrogen) atoms. The number of fused-ring (bicyclic) bond motifs is 1. The van der Waals surface area contributed by atoms with Crippen LogP contribution in [0, 0.1) is 6.92 Å². The van der Waals surface area contributed by atoms with Crippen molar-refractivity contribution < 1.29 is 4.74 Å². The summed E-state index contributed by atoms with van der Waals surface area (Å²) in [6.45, 7) is 3.15. The predicted octanol–water partition coefficient (Wildman–Crippen LogP) is 2.36. The molecule has 3 rings (SSSR count). The van der Waals surface area contributed by atoms with E-state index in [1.165, 1.54) is 0 Å². The molecule has 0 unspecified atom stereocenters. The van der Waals surface area contributed by atoms with Gasteiger partial charge < -0.3 is 13.9 Å². The number of rotatable bonds is 4. The van der Waals surface area contributed by atoms with Gasteiger partial charge in [0.2, 0.25) is 0 Å². The number of imidazole rings is 1. The van der Waals surface area contributed by atoms with Crippen LogP contribution in [0.25, 0.3) is 22.4 Å². The summed E-state index contributed by atoms with van der Waals surface area (Å²) in [7, 11) is 3.45. The molecule has 0 aliphatic heterocycles. The zero-order valence-electron chi connectivity index (χ0n) is 13.0. The maximum Gasteiger partial charge on any atom is 0.253 e. The molecule has 2 aromatic heterocycles. The Kier molecular flexibility index (Phi) is 3.81. The van der Waals surface area contributed by atoms with Crippen LogP contribution in [0.15, 0.2) is 41.3 Å². The van der Waals surface area contributed by atoms with Crippen molar-refractivity contribution >= 4 is 11.0 Å². The van der Waals surface area contributed by atoms with Crippen molar-refractivity contribution in [2.45, 2.75) is 13.5 Å². The zero-order valence-corrected chi connectivity index (χ0v) is 13.0. The Morgan fingerprint density at radius 3 is 2.77 bits per heavy atom. The maximum atomic E-state index is 11.9. The number of hydrogen-bond donors (Lipinski definition) is 0. The number of para-hydroxylation sites is 2. The number of nitrogens with zero attached hydrogens (tertiary/aromatic N) is 3. The number of methoxy groups -OCH3 is 1. The zero-order chi connectivity index (χ0) is 15.7. The SMILES string of the molecule is COCCn1c(-c2cc(C)c(=O)n(C)c2)nc2ccccc21. The normalized spacial score (nSPS) is 11.2. The van der Waals surface area contributed by atoms with E-state index < -0.39 is 0 Å². The third-order valence-corrected chi connectivity index (χ3v) is 3.79. The van der Waals surface area contributed by atoms with Crippen molar-refractivity contribution in [2.24, 2.45) is 7.05 Å². The first-order chi connectivity index (χ1) is 10.6. The summed E-state index contributed by atoms with van der Waals surface area (Å²) in [6.07, 6.45) is 1.83. The molecular weight excluding hydrogens is 278 g/mol. The van der Waals surface area contributed by atoms with Crippen LogP contribution in [-0.2, 0) is 18.3 Å². The summed E-state index contributed by atoms with van der Waals surface area (Å²) < 4.78 is 8.96. The number of pyridine rings is 1. The summed E-state index contributed by atoms with van der Waals surface area (Å²) in [5.74, 6) is 0.858. The van der Waals surface area contributed by atoms with Gasteiger partial charge in [-0.15, -0.1) is 0 Å². The van der Waals surface area contributed by atoms with Crippen molar-refractivity contribution in [3.05, 3.63) is 52.4 Å². The second-order valence-corrected chi connectivity index (χ2v) is 5.40. The highest BCUT2D eigenvalue weighted by Gasteiger charge is 2.13. The fraction of sp³-hybridized carbons (Fsp3) is 0.294. The Bertz CT molecular complexity index is 851. The number of aryl methyl sites for hydroxylation is 2. The Labute approximate surface area is 128 Å². The lowest BCUT2D eigenvalue weighted by Crippen LogP contribution is -2.19. The summed E-state index contributed by atoms with van der Waals surface area (Å²) in [6, 6.07) is 9.93. The minimum Gasteiger partial charge on any atom is -0.383 e. The van der Waals surface area contributed by atoms with Gasteiger partial charge in [0.05, 0.1) is 17.6 Å². The van der Waals surface area contributed by atoms with Gasteiger partial charge in [0.15, 0.2) is 0 Å². The van der Waals surface area contributed by atoms with Crippen LogP contribution in [0.5, 0.6) is 0 Å². The molecule has 5 heteroatoms. The average molecular weight is 297 g/mol. The van der Waals surface area contributed by atoms with Gasteiger partial charge in [-0.25, -0.2) is 4.98 Å². The number of aromatic nitrogens is 3. The van der Waals surface area contributed by atoms with Gasteiger partial charge in [-0.2, -0.15) is 0 Å². The van der Waals surface area contributed by atoms with Gasteiger partial charge in [0.25, 0.3) is 5.56 Å². The highest BCUT2D eigenvalue weighted by Crippen LogP contribution is 2.24. The lowest BCUT2D eigenvalue weighted by atomic mass is 10.2. The molecule has 0 fully saturated rings. The Morgan fingerprint density at radius 2 is 2.05 bits per heavy atom. The third kappa shape index (κ3) is 2.44. The van der Waals surface area contributed by atoms with Crippen molar-refractivity contribution in [1.82, 2.24) is 14.1 Å². The number of hydrogen-bond acceptors (Lipinski definition) is 3. The molecule has 0 aliphatic rings. The molecule has 0 atom stereocenters. The van der Waals surface area contributed by atoms with Gasteiger partial charge >= 0.3 is 0 Å². The molecule has 0 bridgehead atoms. The molecule has 0 spiro atoms. The van der Waals surface area contributed by atoms with Crippen LogP contribution in [0.2, 0.25) is 0 Å². The quantitative estimate of drug-likeness (QED) is 0.743. The highest BCUT2D eigenvalue weighted by atomic mass is 16.5. The van der Waals surface area contributed by atoms with Crippen LogP contribution in [0.3, 0.4) is 0 Å². The van der Waals surface area contributed by atoms with Crippen molar-refractivity contribution in [3.63, 3.8) is 0 Å². The minimum absolute atomic E-state index is 0.0169. The molecule has 0 N–H and O–H groups in total. The lowest BCUT2D eigenvalue weighted by Gasteiger charge is -2.10. The Balaban J connectivity index is 2.23. The monoisotopic (exact) mass is 297 g/mol. The van der Waals surface area contributed by atoms with Crippen LogP contribution < -0.4 is 5.56 Å². The summed E-state index contributed by atoms with van der Waals surface area (Å²) in [4.78, 5) is 16.6. The molecule has 2 heterocycles. The van der Waals surface area contributed by atoms with Crippen LogP contribution in [-0.4, -0.2) is 27.8 Å². The smallest absolute Gasteiger partial charge is 0.253 e. The maximum absolute atomic E-state index is 11.9. The third-order valence-electron chi connectivity index (χ3n) is 3.79. The molecule has 5 nitrogen and oxygen atoms in total. The average Bonchev–Trinajstić information content (AvgIpc) is 2.88. The van der Waals surface area contributed by atoms with Crippen molar-refractivity contribution in [1.29, 1.82) is 0 Å². The second kappa shape index (κ2) is 5.77. The van der Waals surface area contributed by atoms with Crippen LogP contribution in [0.1, 0.15) is 5.56 Å². The van der Waals surface area contributed by atoms with E-state index in [-0.39, 0.29) is 5.56 Å². The molecule has 0 radical (unpaired) electrons. The molecule has 3 aromatic rings. The van der Waals surface area contributed by atoms with Crippen LogP contribution in [0.4, 0.5) is 0 Å². The molecule has 1 aromatic carbocycles. The molecule has 0 aliphatic carbocycles. The van der Waals surface area contributed by atoms with E-state index in [1.54, 1.807) is 18.7 Å². The fourth-order valence-corrected chi connectivity index (χ4v) is 2.70. The summed E-state index contributed by atoms with van der Waals surface area (Å²) in [5, 5.41) is 0. The molecular formula is C17H19N3O2. The topological polar surface area (TPSA) is 49.0 Å². The first-order valence-electron chi connectivity index (χ1n) is 7.23. The van der Waals surface area contributed by atoms with E-state index in [0.29, 0.717) is 18.7 Å². The van der Waals surface area contributed by atoms with Gasteiger partial charge in [0, 0.05) is 38.0 Å². The molecule has 0 saturated heterocycles. The minimum atomic E-state index is 0.0169. The summed E-state index contributed by atoms with van der Waals surface area (Å²) in [5.41, 5.74) is 3.68. The largest absolute Gasteiger partial charge is 0.383 e. The standard InChI is InChI=1S/C17H19N3O2/c1-12-10-13(11-19(2)17(12)21)16-18-14-6-4-5-7-15(14)20(16)8-9-22-3/h4-7,10-11H,8-9H2,1-3H3. The van der Waals surface area contributed by atoms with Crippen LogP contribution >= 0.6 is 0 Å². The number of benzene rings is 1. The fourth-order valence-electron chi connectivity index (χ4n) is 2.70. The first kappa shape index (κ1) is 14.5. The molecule has 0 amide bonds. The van der Waals surface area contributed by atoms with E-state index in [1.807, 2.05) is 37.4 Å². The number of ether oxygens (including phenoxy) is 1. The van der Waals surface area contributed by atoms with E-state index in [9.17, 15) is 4.79 Å². The molecule has 114 valence electrons. The first-order valence-corrected chi connectivity index (χ1v) is 7.23. The van der Waals surface area contributed by atoms with E-state index in [4.69, 9.17) is 9.72 Å². The highest BCUT2D eigenvalue weighted by molar-refractivity contribution is 5.80. The van der Waals surface area contributed by atoms with E-state index >= 15 is 0 Å². The van der Waals surface area contributed by atoms with Gasteiger partial charge in [0.1, 0.15) is 5.82 Å². The second-order valence-electron chi connectivity index (χ2n) is 5.40. The lowest BCUT2D eigenvalue weighted by molar-refractivity contribution is 0.188. The van der Waals surface area contributed by atoms with Crippen molar-refractivity contribution in [3.8, 4) is 11.4 Å². The van der Waals surface area contributed by atoms with E-state index in [0.717, 1.165) is 22.4 Å². The molecule has 0 saturated carbocycles. The predicted molar refractivity (Wildman–Crippen MR) is 87.0 cm³/mol. The van der Waals surface area contributed by atoms with Gasteiger partial charge in [-0.3, -0.25) is 4.79 Å². The van der Waals surface area contributed by atoms with Gasteiger partial charge in [-0.1, -0.05) is 12.1 Å². The Hall–Kier alpha value is -2.40. The van der Waals surface area contributed by atoms with Gasteiger partial charge in [-0.05, 0) is 25.1 Å². The van der Waals surface area contributed by atoms with E-state index in [2.05, 4.69) is 10.6 Å².